The van der Waals surface area contributed by atoms with E-state index in [0.29, 0.717) is 0 Å². The number of rotatable bonds is 5. The minimum atomic E-state index is 0.0925. The predicted octanol–water partition coefficient (Wildman–Crippen LogP) is 6.23. The topological polar surface area (TPSA) is 57.6 Å². The van der Waals surface area contributed by atoms with Gasteiger partial charge in [0.05, 0.1) is 5.69 Å². The Hall–Kier alpha value is -2.66. The van der Waals surface area contributed by atoms with Crippen LogP contribution in [0.2, 0.25) is 5.02 Å². The lowest BCUT2D eigenvalue weighted by Crippen LogP contribution is -2.42. The number of amides is 1. The lowest BCUT2D eigenvalue weighted by molar-refractivity contribution is -0.126. The van der Waals surface area contributed by atoms with Crippen LogP contribution in [0.15, 0.2) is 48.1 Å². The van der Waals surface area contributed by atoms with Gasteiger partial charge in [-0.2, -0.15) is 0 Å². The number of hydrogen-bond acceptors (Lipinski definition) is 4. The van der Waals surface area contributed by atoms with Crippen LogP contribution >= 0.6 is 11.6 Å². The summed E-state index contributed by atoms with van der Waals surface area (Å²) in [5, 5.41) is 3.85. The maximum atomic E-state index is 12.2. The van der Waals surface area contributed by atoms with Crippen LogP contribution in [0.5, 0.6) is 0 Å². The van der Waals surface area contributed by atoms with Crippen molar-refractivity contribution in [3.05, 3.63) is 59.3 Å². The number of aromatic nitrogens is 1. The molecule has 1 aromatic carbocycles. The van der Waals surface area contributed by atoms with Crippen LogP contribution in [0.4, 0.5) is 11.5 Å². The van der Waals surface area contributed by atoms with E-state index in [4.69, 9.17) is 11.6 Å². The predicted molar refractivity (Wildman–Crippen MR) is 137 cm³/mol. The average Bonchev–Trinajstić information content (AvgIpc) is 2.75. The molecule has 32 heavy (non-hydrogen) atoms. The standard InChI is InChI=1S/C19H28N4O.C7H7Cl/c1-6-16-17(21-13(2)3)7-10-20-18(16)23-11-8-15(9-12-23)19(24)22-14(4)5;1-6-4-2-3-5-7(6)8/h6-7,10,14-15H,1,8-9,11-12H2,2-5H3,(H,22,24);2-5H,1H3. The number of nitrogens with one attached hydrogen (secondary N) is 1. The van der Waals surface area contributed by atoms with Crippen molar-refractivity contribution >= 4 is 40.8 Å². The summed E-state index contributed by atoms with van der Waals surface area (Å²) in [7, 11) is 0. The van der Waals surface area contributed by atoms with Gasteiger partial charge in [-0.1, -0.05) is 42.5 Å². The Labute approximate surface area is 197 Å². The summed E-state index contributed by atoms with van der Waals surface area (Å²) in [6.07, 6.45) is 5.30. The largest absolute Gasteiger partial charge is 0.356 e. The number of piperidine rings is 1. The van der Waals surface area contributed by atoms with Gasteiger partial charge in [-0.15, -0.1) is 0 Å². The van der Waals surface area contributed by atoms with Crippen molar-refractivity contribution in [1.82, 2.24) is 10.3 Å². The van der Waals surface area contributed by atoms with Gasteiger partial charge in [0.25, 0.3) is 0 Å². The number of carbonyl (C=O) groups excluding carboxylic acids is 1. The summed E-state index contributed by atoms with van der Waals surface area (Å²) in [6, 6.07) is 9.88. The van der Waals surface area contributed by atoms with Gasteiger partial charge in [0, 0.05) is 47.5 Å². The fourth-order valence-corrected chi connectivity index (χ4v) is 3.68. The highest BCUT2D eigenvalue weighted by Gasteiger charge is 2.27. The normalized spacial score (nSPS) is 13.8. The highest BCUT2D eigenvalue weighted by atomic mass is 35.5. The Balaban J connectivity index is 0.000000380. The zero-order valence-corrected chi connectivity index (χ0v) is 20.6. The monoisotopic (exact) mass is 454 g/mol. The van der Waals surface area contributed by atoms with Crippen molar-refractivity contribution in [2.75, 3.05) is 18.0 Å². The summed E-state index contributed by atoms with van der Waals surface area (Å²) >= 11 is 5.71. The second kappa shape index (κ2) is 12.4. The quantitative estimate of drug-likeness (QED) is 0.545. The first-order chi connectivity index (χ1) is 15.2. The molecule has 1 N–H and O–H groups in total. The van der Waals surface area contributed by atoms with Gasteiger partial charge < -0.3 is 10.2 Å². The van der Waals surface area contributed by atoms with Crippen molar-refractivity contribution in [1.29, 1.82) is 0 Å². The molecule has 0 saturated carbocycles. The number of hydrogen-bond donors (Lipinski definition) is 1. The highest BCUT2D eigenvalue weighted by molar-refractivity contribution is 6.31. The van der Waals surface area contributed by atoms with Crippen LogP contribution in [0, 0.1) is 12.8 Å². The first-order valence-corrected chi connectivity index (χ1v) is 11.5. The zero-order valence-electron chi connectivity index (χ0n) is 19.9. The van der Waals surface area contributed by atoms with Crippen molar-refractivity contribution in [2.24, 2.45) is 10.9 Å². The summed E-state index contributed by atoms with van der Waals surface area (Å²) in [4.78, 5) is 23.5. The van der Waals surface area contributed by atoms with Crippen molar-refractivity contribution < 1.29 is 4.79 Å². The second-order valence-electron chi connectivity index (χ2n) is 8.50. The number of halogens is 1. The third kappa shape index (κ3) is 7.49. The summed E-state index contributed by atoms with van der Waals surface area (Å²) in [5.74, 6) is 1.17. The summed E-state index contributed by atoms with van der Waals surface area (Å²) in [5.41, 5.74) is 3.99. The third-order valence-electron chi connectivity index (χ3n) is 5.17. The fourth-order valence-electron chi connectivity index (χ4n) is 3.55. The Morgan fingerprint density at radius 3 is 2.41 bits per heavy atom. The average molecular weight is 455 g/mol. The molecule has 2 aromatic rings. The maximum Gasteiger partial charge on any atom is 0.223 e. The van der Waals surface area contributed by atoms with Crippen LogP contribution in [0.25, 0.3) is 6.08 Å². The maximum absolute atomic E-state index is 12.2. The SMILES string of the molecule is C=Cc1c(N=C(C)C)ccnc1N1CCC(C(=O)NC(C)C)CC1.Cc1ccccc1Cl. The molecule has 5 nitrogen and oxygen atoms in total. The first-order valence-electron chi connectivity index (χ1n) is 11.1. The van der Waals surface area contributed by atoms with E-state index in [9.17, 15) is 4.79 Å². The van der Waals surface area contributed by atoms with Crippen molar-refractivity contribution in [2.45, 2.75) is 53.5 Å². The molecule has 0 bridgehead atoms. The number of aryl methyl sites for hydroxylation is 1. The van der Waals surface area contributed by atoms with E-state index < -0.39 is 0 Å². The van der Waals surface area contributed by atoms with Gasteiger partial charge in [-0.25, -0.2) is 4.98 Å². The molecule has 3 rings (SSSR count). The summed E-state index contributed by atoms with van der Waals surface area (Å²) in [6.45, 7) is 15.5. The molecule has 1 amide bonds. The van der Waals surface area contributed by atoms with E-state index in [1.54, 1.807) is 6.20 Å². The molecule has 1 aromatic heterocycles. The van der Waals surface area contributed by atoms with E-state index in [2.05, 4.69) is 26.8 Å². The minimum Gasteiger partial charge on any atom is -0.356 e. The van der Waals surface area contributed by atoms with E-state index in [-0.39, 0.29) is 17.9 Å². The lowest BCUT2D eigenvalue weighted by atomic mass is 9.95. The molecule has 2 heterocycles. The van der Waals surface area contributed by atoms with Crippen LogP contribution in [0.3, 0.4) is 0 Å². The van der Waals surface area contributed by atoms with Gasteiger partial charge in [0.2, 0.25) is 5.91 Å². The molecule has 1 aliphatic rings. The highest BCUT2D eigenvalue weighted by Crippen LogP contribution is 2.31. The molecular formula is C26H35ClN4O. The number of anilines is 1. The molecule has 0 radical (unpaired) electrons. The van der Waals surface area contributed by atoms with Gasteiger partial charge in [-0.05, 0) is 65.2 Å². The number of aliphatic imine (C=N–C) groups is 1. The molecule has 0 unspecified atom stereocenters. The Morgan fingerprint density at radius 2 is 1.91 bits per heavy atom. The van der Waals surface area contributed by atoms with E-state index in [1.165, 1.54) is 0 Å². The molecule has 172 valence electrons. The molecular weight excluding hydrogens is 420 g/mol. The molecule has 1 fully saturated rings. The fraction of sp³-hybridized carbons (Fsp3) is 0.423. The van der Waals surface area contributed by atoms with Crippen molar-refractivity contribution in [3.8, 4) is 0 Å². The minimum absolute atomic E-state index is 0.0925. The second-order valence-corrected chi connectivity index (χ2v) is 8.91. The van der Waals surface area contributed by atoms with Crippen LogP contribution in [0.1, 0.15) is 51.7 Å². The summed E-state index contributed by atoms with van der Waals surface area (Å²) < 4.78 is 0. The van der Waals surface area contributed by atoms with Gasteiger partial charge in [0.1, 0.15) is 5.82 Å². The number of carbonyl (C=O) groups is 1. The van der Waals surface area contributed by atoms with E-state index in [1.807, 2.05) is 71.0 Å². The molecule has 0 aliphatic carbocycles. The number of benzene rings is 1. The van der Waals surface area contributed by atoms with E-state index in [0.717, 1.165) is 59.3 Å². The van der Waals surface area contributed by atoms with Crippen molar-refractivity contribution in [3.63, 3.8) is 0 Å². The Morgan fingerprint density at radius 1 is 1.25 bits per heavy atom. The molecule has 1 aliphatic heterocycles. The first kappa shape index (κ1) is 25.6. The van der Waals surface area contributed by atoms with Gasteiger partial charge in [0.15, 0.2) is 0 Å². The number of nitrogens with zero attached hydrogens (tertiary/aromatic N) is 3. The smallest absolute Gasteiger partial charge is 0.223 e. The van der Waals surface area contributed by atoms with Gasteiger partial charge >= 0.3 is 0 Å². The lowest BCUT2D eigenvalue weighted by Gasteiger charge is -2.33. The van der Waals surface area contributed by atoms with E-state index >= 15 is 0 Å². The Kier molecular flexibility index (Phi) is 9.92. The zero-order chi connectivity index (χ0) is 23.7. The Bertz CT molecular complexity index is 922. The molecule has 0 spiro atoms. The molecule has 0 atom stereocenters. The van der Waals surface area contributed by atoms with Crippen LogP contribution < -0.4 is 10.2 Å². The van der Waals surface area contributed by atoms with Crippen LogP contribution in [-0.4, -0.2) is 35.7 Å². The molecule has 1 saturated heterocycles. The van der Waals surface area contributed by atoms with Gasteiger partial charge in [-0.3, -0.25) is 9.79 Å². The number of pyridine rings is 1. The third-order valence-corrected chi connectivity index (χ3v) is 5.59. The molecule has 6 heteroatoms. The van der Waals surface area contributed by atoms with Crippen LogP contribution in [-0.2, 0) is 4.79 Å².